The first-order chi connectivity index (χ1) is 13.9. The molecule has 2 N–H and O–H groups in total. The molecule has 0 bridgehead atoms. The van der Waals surface area contributed by atoms with Crippen LogP contribution >= 0.6 is 11.3 Å². The van der Waals surface area contributed by atoms with Gasteiger partial charge in [-0.25, -0.2) is 4.98 Å². The zero-order valence-electron chi connectivity index (χ0n) is 15.2. The SMILES string of the molecule is Cc1cc(C(=O)Nc2ccc(O)c(-c3nc4ccccc4s3)c2)ccc1[N+](=O)[O-]. The van der Waals surface area contributed by atoms with E-state index in [0.717, 1.165) is 10.2 Å². The van der Waals surface area contributed by atoms with E-state index in [4.69, 9.17) is 0 Å². The van der Waals surface area contributed by atoms with Crippen molar-refractivity contribution in [1.29, 1.82) is 0 Å². The molecule has 0 spiro atoms. The van der Waals surface area contributed by atoms with E-state index in [1.807, 2.05) is 24.3 Å². The Morgan fingerprint density at radius 2 is 1.93 bits per heavy atom. The molecular formula is C21H15N3O4S. The average molecular weight is 405 g/mol. The van der Waals surface area contributed by atoms with E-state index in [9.17, 15) is 20.0 Å². The second kappa shape index (κ2) is 7.33. The summed E-state index contributed by atoms with van der Waals surface area (Å²) in [6, 6.07) is 16.6. The van der Waals surface area contributed by atoms with Gasteiger partial charge in [0.05, 0.1) is 20.7 Å². The van der Waals surface area contributed by atoms with Crippen LogP contribution in [-0.2, 0) is 0 Å². The van der Waals surface area contributed by atoms with Crippen LogP contribution in [0.5, 0.6) is 5.75 Å². The van der Waals surface area contributed by atoms with Gasteiger partial charge in [-0.1, -0.05) is 12.1 Å². The largest absolute Gasteiger partial charge is 0.507 e. The van der Waals surface area contributed by atoms with Gasteiger partial charge in [0.2, 0.25) is 0 Å². The lowest BCUT2D eigenvalue weighted by atomic mass is 10.1. The molecule has 1 aromatic heterocycles. The Kier molecular flexibility index (Phi) is 4.69. The second-order valence-corrected chi connectivity index (χ2v) is 7.46. The summed E-state index contributed by atoms with van der Waals surface area (Å²) in [6.07, 6.45) is 0. The fourth-order valence-electron chi connectivity index (χ4n) is 2.98. The minimum Gasteiger partial charge on any atom is -0.507 e. The number of aryl methyl sites for hydroxylation is 1. The third kappa shape index (κ3) is 3.65. The number of phenols is 1. The van der Waals surface area contributed by atoms with Crippen LogP contribution in [0.3, 0.4) is 0 Å². The van der Waals surface area contributed by atoms with Gasteiger partial charge in [-0.2, -0.15) is 0 Å². The maximum absolute atomic E-state index is 12.6. The Balaban J connectivity index is 1.63. The van der Waals surface area contributed by atoms with Crippen LogP contribution in [0, 0.1) is 17.0 Å². The molecule has 4 aromatic rings. The lowest BCUT2D eigenvalue weighted by Gasteiger charge is -2.09. The van der Waals surface area contributed by atoms with E-state index in [0.29, 0.717) is 27.4 Å². The molecule has 0 unspecified atom stereocenters. The van der Waals surface area contributed by atoms with Crippen molar-refractivity contribution in [3.05, 3.63) is 81.9 Å². The summed E-state index contributed by atoms with van der Waals surface area (Å²) in [5.74, 6) is -0.336. The van der Waals surface area contributed by atoms with Crippen molar-refractivity contribution in [2.24, 2.45) is 0 Å². The number of aromatic hydroxyl groups is 1. The van der Waals surface area contributed by atoms with Crippen LogP contribution in [0.15, 0.2) is 60.7 Å². The van der Waals surface area contributed by atoms with E-state index in [-0.39, 0.29) is 11.4 Å². The van der Waals surface area contributed by atoms with Crippen LogP contribution in [-0.4, -0.2) is 20.9 Å². The first kappa shape index (κ1) is 18.6. The molecule has 0 radical (unpaired) electrons. The molecule has 1 amide bonds. The zero-order valence-corrected chi connectivity index (χ0v) is 16.1. The molecule has 0 saturated heterocycles. The minimum atomic E-state index is -0.485. The fraction of sp³-hybridized carbons (Fsp3) is 0.0476. The Bertz CT molecular complexity index is 1230. The number of carbonyl (C=O) groups excluding carboxylic acids is 1. The molecule has 0 aliphatic rings. The number of hydrogen-bond donors (Lipinski definition) is 2. The Morgan fingerprint density at radius 1 is 1.14 bits per heavy atom. The van der Waals surface area contributed by atoms with Gasteiger partial charge in [0, 0.05) is 22.9 Å². The van der Waals surface area contributed by atoms with Gasteiger partial charge < -0.3 is 10.4 Å². The van der Waals surface area contributed by atoms with E-state index in [2.05, 4.69) is 10.3 Å². The van der Waals surface area contributed by atoms with Crippen LogP contribution in [0.25, 0.3) is 20.8 Å². The number of amides is 1. The van der Waals surface area contributed by atoms with Crippen LogP contribution < -0.4 is 5.32 Å². The summed E-state index contributed by atoms with van der Waals surface area (Å²) in [6.45, 7) is 1.58. The molecular weight excluding hydrogens is 390 g/mol. The van der Waals surface area contributed by atoms with Gasteiger partial charge in [0.15, 0.2) is 0 Å². The van der Waals surface area contributed by atoms with Gasteiger partial charge in [-0.3, -0.25) is 14.9 Å². The number of phenolic OH excluding ortho intramolecular Hbond substituents is 1. The molecule has 0 aliphatic carbocycles. The first-order valence-electron chi connectivity index (χ1n) is 8.68. The second-order valence-electron chi connectivity index (χ2n) is 6.43. The molecule has 7 nitrogen and oxygen atoms in total. The van der Waals surface area contributed by atoms with Crippen LogP contribution in [0.1, 0.15) is 15.9 Å². The summed E-state index contributed by atoms with van der Waals surface area (Å²) in [7, 11) is 0. The Hall–Kier alpha value is -3.78. The number of thiazole rings is 1. The number of nitro benzene ring substituents is 1. The minimum absolute atomic E-state index is 0.0377. The third-order valence-electron chi connectivity index (χ3n) is 4.43. The number of nitro groups is 1. The molecule has 144 valence electrons. The van der Waals surface area contributed by atoms with Gasteiger partial charge in [0.25, 0.3) is 11.6 Å². The van der Waals surface area contributed by atoms with Crippen LogP contribution in [0.2, 0.25) is 0 Å². The molecule has 3 aromatic carbocycles. The number of para-hydroxylation sites is 1. The topological polar surface area (TPSA) is 105 Å². The predicted molar refractivity (Wildman–Crippen MR) is 113 cm³/mol. The van der Waals surface area contributed by atoms with Crippen LogP contribution in [0.4, 0.5) is 11.4 Å². The molecule has 0 saturated carbocycles. The van der Waals surface area contributed by atoms with Crippen molar-refractivity contribution in [1.82, 2.24) is 4.98 Å². The number of anilines is 1. The summed E-state index contributed by atoms with van der Waals surface area (Å²) in [5, 5.41) is 24.6. The van der Waals surface area contributed by atoms with Crippen molar-refractivity contribution in [2.45, 2.75) is 6.92 Å². The number of rotatable bonds is 4. The monoisotopic (exact) mass is 405 g/mol. The lowest BCUT2D eigenvalue weighted by Crippen LogP contribution is -2.12. The van der Waals surface area contributed by atoms with Crippen molar-refractivity contribution >= 4 is 38.8 Å². The fourth-order valence-corrected chi connectivity index (χ4v) is 3.97. The molecule has 29 heavy (non-hydrogen) atoms. The molecule has 1 heterocycles. The summed E-state index contributed by atoms with van der Waals surface area (Å²) in [4.78, 5) is 27.6. The Labute approximate surface area is 169 Å². The average Bonchev–Trinajstić information content (AvgIpc) is 3.13. The molecule has 0 aliphatic heterocycles. The van der Waals surface area contributed by atoms with Crippen molar-refractivity contribution < 1.29 is 14.8 Å². The lowest BCUT2D eigenvalue weighted by molar-refractivity contribution is -0.385. The summed E-state index contributed by atoms with van der Waals surface area (Å²) < 4.78 is 0.998. The van der Waals surface area contributed by atoms with Gasteiger partial charge in [-0.15, -0.1) is 11.3 Å². The van der Waals surface area contributed by atoms with Crippen molar-refractivity contribution in [3.63, 3.8) is 0 Å². The molecule has 4 rings (SSSR count). The standard InChI is InChI=1S/C21H15N3O4S/c1-12-10-13(6-8-17(12)24(27)28)20(26)22-14-7-9-18(25)15(11-14)21-23-16-4-2-3-5-19(16)29-21/h2-11,25H,1H3,(H,22,26). The molecule has 0 atom stereocenters. The smallest absolute Gasteiger partial charge is 0.272 e. The maximum atomic E-state index is 12.6. The van der Waals surface area contributed by atoms with E-state index >= 15 is 0 Å². The summed E-state index contributed by atoms with van der Waals surface area (Å²) in [5.41, 5.74) is 2.51. The normalized spacial score (nSPS) is 10.8. The zero-order chi connectivity index (χ0) is 20.5. The first-order valence-corrected chi connectivity index (χ1v) is 9.49. The molecule has 0 fully saturated rings. The summed E-state index contributed by atoms with van der Waals surface area (Å²) >= 11 is 1.45. The predicted octanol–water partition coefficient (Wildman–Crippen LogP) is 5.14. The third-order valence-corrected chi connectivity index (χ3v) is 5.50. The van der Waals surface area contributed by atoms with E-state index in [1.54, 1.807) is 19.1 Å². The number of fused-ring (bicyclic) bond motifs is 1. The number of carbonyl (C=O) groups is 1. The van der Waals surface area contributed by atoms with Gasteiger partial charge >= 0.3 is 0 Å². The highest BCUT2D eigenvalue weighted by Crippen LogP contribution is 2.36. The van der Waals surface area contributed by atoms with Crippen molar-refractivity contribution in [2.75, 3.05) is 5.32 Å². The Morgan fingerprint density at radius 3 is 2.66 bits per heavy atom. The quantitative estimate of drug-likeness (QED) is 0.278. The maximum Gasteiger partial charge on any atom is 0.272 e. The van der Waals surface area contributed by atoms with Gasteiger partial charge in [-0.05, 0) is 49.4 Å². The highest BCUT2D eigenvalue weighted by Gasteiger charge is 2.16. The van der Waals surface area contributed by atoms with Gasteiger partial charge in [0.1, 0.15) is 10.8 Å². The highest BCUT2D eigenvalue weighted by molar-refractivity contribution is 7.21. The van der Waals surface area contributed by atoms with Crippen molar-refractivity contribution in [3.8, 4) is 16.3 Å². The number of nitrogens with one attached hydrogen (secondary N) is 1. The molecule has 8 heteroatoms. The van der Waals surface area contributed by atoms with E-state index < -0.39 is 10.8 Å². The van der Waals surface area contributed by atoms with E-state index in [1.165, 1.54) is 35.6 Å². The number of nitrogens with zero attached hydrogens (tertiary/aromatic N) is 2. The number of hydrogen-bond acceptors (Lipinski definition) is 6. The number of aromatic nitrogens is 1. The highest BCUT2D eigenvalue weighted by atomic mass is 32.1. The number of benzene rings is 3.